The van der Waals surface area contributed by atoms with E-state index in [1.165, 1.54) is 0 Å². The Hall–Kier alpha value is -1.20. The minimum Gasteiger partial charge on any atom is -0.338 e. The molecular formula is C15H21N3OS. The van der Waals surface area contributed by atoms with Crippen molar-refractivity contribution in [3.05, 3.63) is 29.2 Å². The molecule has 0 saturated carbocycles. The summed E-state index contributed by atoms with van der Waals surface area (Å²) in [5, 5.41) is 3.15. The van der Waals surface area contributed by atoms with E-state index in [2.05, 4.69) is 23.4 Å². The fraction of sp³-hybridized carbons (Fsp3) is 0.600. The summed E-state index contributed by atoms with van der Waals surface area (Å²) in [6.45, 7) is 10.3. The Kier molecular flexibility index (Phi) is 3.65. The molecule has 3 heterocycles. The molecule has 1 aromatic rings. The molecule has 0 aliphatic carbocycles. The third-order valence-corrected chi connectivity index (χ3v) is 5.48. The number of carbonyl (C=O) groups excluding carboxylic acids is 1. The molecule has 2 fully saturated rings. The van der Waals surface area contributed by atoms with Gasteiger partial charge in [0.1, 0.15) is 5.01 Å². The molecule has 0 radical (unpaired) electrons. The van der Waals surface area contributed by atoms with Gasteiger partial charge in [-0.3, -0.25) is 9.69 Å². The lowest BCUT2D eigenvalue weighted by molar-refractivity contribution is -0.136. The molecule has 2 aliphatic rings. The summed E-state index contributed by atoms with van der Waals surface area (Å²) in [5.74, 6) is 0.747. The van der Waals surface area contributed by atoms with Crippen molar-refractivity contribution in [1.29, 1.82) is 0 Å². The van der Waals surface area contributed by atoms with Crippen molar-refractivity contribution < 1.29 is 4.79 Å². The Morgan fingerprint density at radius 3 is 3.20 bits per heavy atom. The van der Waals surface area contributed by atoms with E-state index in [1.807, 2.05) is 22.6 Å². The van der Waals surface area contributed by atoms with Gasteiger partial charge in [0.25, 0.3) is 0 Å². The summed E-state index contributed by atoms with van der Waals surface area (Å²) in [5.41, 5.74) is -0.166. The summed E-state index contributed by atoms with van der Waals surface area (Å²) in [6.07, 6.45) is 4.65. The minimum absolute atomic E-state index is 0.166. The van der Waals surface area contributed by atoms with Crippen LogP contribution < -0.4 is 0 Å². The van der Waals surface area contributed by atoms with Gasteiger partial charge in [-0.25, -0.2) is 4.98 Å². The van der Waals surface area contributed by atoms with Crippen LogP contribution in [0.3, 0.4) is 0 Å². The maximum atomic E-state index is 12.7. The van der Waals surface area contributed by atoms with Crippen molar-refractivity contribution >= 4 is 17.2 Å². The van der Waals surface area contributed by atoms with Crippen LogP contribution in [-0.4, -0.2) is 46.9 Å². The van der Waals surface area contributed by atoms with Crippen LogP contribution in [0.5, 0.6) is 0 Å². The van der Waals surface area contributed by atoms with Gasteiger partial charge >= 0.3 is 0 Å². The molecule has 0 unspecified atom stereocenters. The zero-order valence-corrected chi connectivity index (χ0v) is 12.7. The predicted molar refractivity (Wildman–Crippen MR) is 80.4 cm³/mol. The standard InChI is InChI=1S/C15H21N3OS/c1-3-6-18-7-4-15(14(18)19)11-17(9-12(15)2)10-13-16-5-8-20-13/h3,5,8,12H,1,4,6-7,9-11H2,2H3/t12-,15-/m1/s1. The molecule has 0 N–H and O–H groups in total. The Labute approximate surface area is 124 Å². The largest absolute Gasteiger partial charge is 0.338 e. The van der Waals surface area contributed by atoms with Gasteiger partial charge in [0.05, 0.1) is 12.0 Å². The van der Waals surface area contributed by atoms with Crippen LogP contribution in [0.15, 0.2) is 24.2 Å². The number of likely N-dealkylation sites (tertiary alicyclic amines) is 2. The Morgan fingerprint density at radius 1 is 1.65 bits per heavy atom. The van der Waals surface area contributed by atoms with E-state index in [4.69, 9.17) is 0 Å². The summed E-state index contributed by atoms with van der Waals surface area (Å²) in [6, 6.07) is 0. The number of rotatable bonds is 4. The number of hydrogen-bond acceptors (Lipinski definition) is 4. The van der Waals surface area contributed by atoms with Gasteiger partial charge in [-0.1, -0.05) is 13.0 Å². The van der Waals surface area contributed by atoms with Gasteiger partial charge in [-0.05, 0) is 12.3 Å². The van der Waals surface area contributed by atoms with Crippen LogP contribution in [-0.2, 0) is 11.3 Å². The van der Waals surface area contributed by atoms with Gasteiger partial charge in [0, 0.05) is 37.8 Å². The highest BCUT2D eigenvalue weighted by atomic mass is 32.1. The minimum atomic E-state index is -0.166. The SMILES string of the molecule is C=CCN1CC[C@]2(CN(Cc3nccs3)C[C@H]2C)C1=O. The molecule has 0 aromatic carbocycles. The quantitative estimate of drug-likeness (QED) is 0.796. The summed E-state index contributed by atoms with van der Waals surface area (Å²) in [4.78, 5) is 21.4. The third-order valence-electron chi connectivity index (χ3n) is 4.71. The molecule has 5 heteroatoms. The lowest BCUT2D eigenvalue weighted by atomic mass is 9.78. The monoisotopic (exact) mass is 291 g/mol. The first-order valence-electron chi connectivity index (χ1n) is 7.17. The van der Waals surface area contributed by atoms with Crippen molar-refractivity contribution in [2.45, 2.75) is 19.9 Å². The second kappa shape index (κ2) is 5.30. The molecule has 1 spiro atoms. The van der Waals surface area contributed by atoms with Crippen molar-refractivity contribution in [3.63, 3.8) is 0 Å². The molecule has 1 aromatic heterocycles. The number of aromatic nitrogens is 1. The van der Waals surface area contributed by atoms with Crippen LogP contribution in [0.2, 0.25) is 0 Å². The molecular weight excluding hydrogens is 270 g/mol. The molecule has 1 amide bonds. The number of thiazole rings is 1. The summed E-state index contributed by atoms with van der Waals surface area (Å²) in [7, 11) is 0. The normalized spacial score (nSPS) is 30.6. The van der Waals surface area contributed by atoms with E-state index in [-0.39, 0.29) is 5.41 Å². The lowest BCUT2D eigenvalue weighted by Gasteiger charge is -2.26. The number of amides is 1. The zero-order chi connectivity index (χ0) is 14.2. The average Bonchev–Trinajstić information content (AvgIpc) is 3.09. The van der Waals surface area contributed by atoms with Gasteiger partial charge in [-0.2, -0.15) is 0 Å². The van der Waals surface area contributed by atoms with Gasteiger partial charge in [-0.15, -0.1) is 17.9 Å². The Balaban J connectivity index is 1.72. The highest BCUT2D eigenvalue weighted by Gasteiger charge is 2.54. The molecule has 108 valence electrons. The van der Waals surface area contributed by atoms with Crippen LogP contribution in [0.25, 0.3) is 0 Å². The molecule has 2 atom stereocenters. The van der Waals surface area contributed by atoms with E-state index < -0.39 is 0 Å². The number of nitrogens with zero attached hydrogens (tertiary/aromatic N) is 3. The second-order valence-electron chi connectivity index (χ2n) is 5.94. The molecule has 3 rings (SSSR count). The maximum absolute atomic E-state index is 12.7. The maximum Gasteiger partial charge on any atom is 0.230 e. The first-order valence-corrected chi connectivity index (χ1v) is 8.04. The highest BCUT2D eigenvalue weighted by Crippen LogP contribution is 2.44. The molecule has 20 heavy (non-hydrogen) atoms. The topological polar surface area (TPSA) is 36.4 Å². The Bertz CT molecular complexity index is 501. The van der Waals surface area contributed by atoms with E-state index in [0.29, 0.717) is 18.4 Å². The lowest BCUT2D eigenvalue weighted by Crippen LogP contribution is -2.39. The van der Waals surface area contributed by atoms with Crippen molar-refractivity contribution in [1.82, 2.24) is 14.8 Å². The average molecular weight is 291 g/mol. The van der Waals surface area contributed by atoms with Gasteiger partial charge in [0.15, 0.2) is 0 Å². The fourth-order valence-electron chi connectivity index (χ4n) is 3.62. The van der Waals surface area contributed by atoms with E-state index in [9.17, 15) is 4.79 Å². The molecule has 2 aliphatic heterocycles. The van der Waals surface area contributed by atoms with Crippen molar-refractivity contribution in [3.8, 4) is 0 Å². The Morgan fingerprint density at radius 2 is 2.50 bits per heavy atom. The van der Waals surface area contributed by atoms with Crippen LogP contribution in [0, 0.1) is 11.3 Å². The number of carbonyl (C=O) groups is 1. The van der Waals surface area contributed by atoms with Crippen LogP contribution in [0.1, 0.15) is 18.4 Å². The summed E-state index contributed by atoms with van der Waals surface area (Å²) < 4.78 is 0. The van der Waals surface area contributed by atoms with E-state index >= 15 is 0 Å². The van der Waals surface area contributed by atoms with Crippen LogP contribution in [0.4, 0.5) is 0 Å². The number of hydrogen-bond donors (Lipinski definition) is 0. The predicted octanol–water partition coefficient (Wildman–Crippen LogP) is 2.00. The van der Waals surface area contributed by atoms with E-state index in [0.717, 1.165) is 37.6 Å². The van der Waals surface area contributed by atoms with Crippen LogP contribution >= 0.6 is 11.3 Å². The van der Waals surface area contributed by atoms with Crippen molar-refractivity contribution in [2.75, 3.05) is 26.2 Å². The highest BCUT2D eigenvalue weighted by molar-refractivity contribution is 7.09. The fourth-order valence-corrected chi connectivity index (χ4v) is 4.27. The smallest absolute Gasteiger partial charge is 0.230 e. The molecule has 4 nitrogen and oxygen atoms in total. The second-order valence-corrected chi connectivity index (χ2v) is 6.92. The summed E-state index contributed by atoms with van der Waals surface area (Å²) >= 11 is 1.69. The van der Waals surface area contributed by atoms with E-state index in [1.54, 1.807) is 11.3 Å². The first kappa shape index (κ1) is 13.8. The zero-order valence-electron chi connectivity index (χ0n) is 11.9. The molecule has 2 saturated heterocycles. The van der Waals surface area contributed by atoms with Gasteiger partial charge in [0.2, 0.25) is 5.91 Å². The first-order chi connectivity index (χ1) is 9.65. The van der Waals surface area contributed by atoms with Gasteiger partial charge < -0.3 is 4.90 Å². The molecule has 0 bridgehead atoms. The van der Waals surface area contributed by atoms with Crippen molar-refractivity contribution in [2.24, 2.45) is 11.3 Å². The third kappa shape index (κ3) is 2.19.